The van der Waals surface area contributed by atoms with Crippen molar-refractivity contribution in [1.29, 1.82) is 0 Å². The maximum atomic E-state index is 8.00. The maximum absolute atomic E-state index is 8.00. The van der Waals surface area contributed by atoms with E-state index in [2.05, 4.69) is 11.6 Å². The van der Waals surface area contributed by atoms with Crippen LogP contribution in [0.1, 0.15) is 5.56 Å². The minimum absolute atomic E-state index is 1.17. The summed E-state index contributed by atoms with van der Waals surface area (Å²) in [5, 5.41) is 0. The lowest BCUT2D eigenvalue weighted by molar-refractivity contribution is -0.0979. The van der Waals surface area contributed by atoms with Gasteiger partial charge in [-0.05, 0) is 17.7 Å². The molecule has 1 heterocycles. The zero-order valence-electron chi connectivity index (χ0n) is 9.12. The van der Waals surface area contributed by atoms with Gasteiger partial charge in [0.25, 0.3) is 0 Å². The average Bonchev–Trinajstić information content (AvgIpc) is 2.44. The zero-order chi connectivity index (χ0) is 12.1. The Morgan fingerprint density at radius 1 is 0.875 bits per heavy atom. The Hall–Kier alpha value is -2.22. The molecule has 1 aromatic heterocycles. The molecule has 0 saturated heterocycles. The third-order valence-electron chi connectivity index (χ3n) is 1.60. The number of carbonyl (C=O) groups excluding carboxylic acids is 1. The van der Waals surface area contributed by atoms with Gasteiger partial charge < -0.3 is 4.79 Å². The molecule has 2 aromatic rings. The van der Waals surface area contributed by atoms with E-state index in [0.29, 0.717) is 0 Å². The summed E-state index contributed by atoms with van der Waals surface area (Å²) in [7, 11) is 0. The fourth-order valence-corrected chi connectivity index (χ4v) is 0.902. The van der Waals surface area contributed by atoms with E-state index in [1.54, 1.807) is 12.4 Å². The van der Waals surface area contributed by atoms with E-state index in [1.807, 2.05) is 61.4 Å². The van der Waals surface area contributed by atoms with Gasteiger partial charge in [0.15, 0.2) is 0 Å². The molecule has 2 heteroatoms. The molecular weight excluding hydrogens is 198 g/mol. The van der Waals surface area contributed by atoms with Gasteiger partial charge in [-0.3, -0.25) is 4.98 Å². The number of carbonyl (C=O) groups is 1. The molecule has 0 atom stereocenters. The van der Waals surface area contributed by atoms with Crippen LogP contribution in [0.2, 0.25) is 0 Å². The summed E-state index contributed by atoms with van der Waals surface area (Å²) in [4.78, 5) is 11.8. The first-order valence-electron chi connectivity index (χ1n) is 4.75. The highest BCUT2D eigenvalue weighted by Crippen LogP contribution is 1.97. The molecule has 0 aliphatic heterocycles. The van der Waals surface area contributed by atoms with E-state index >= 15 is 0 Å². The molecule has 16 heavy (non-hydrogen) atoms. The number of aromatic nitrogens is 1. The first-order valence-corrected chi connectivity index (χ1v) is 4.75. The van der Waals surface area contributed by atoms with E-state index in [0.717, 1.165) is 0 Å². The molecule has 0 aliphatic rings. The Kier molecular flexibility index (Phi) is 9.35. The molecule has 0 radical (unpaired) electrons. The highest BCUT2D eigenvalue weighted by molar-refractivity contribution is 5.45. The molecule has 2 nitrogen and oxygen atoms in total. The van der Waals surface area contributed by atoms with Gasteiger partial charge in [-0.1, -0.05) is 49.1 Å². The first kappa shape index (κ1) is 13.8. The molecular formula is C14H15NO. The van der Waals surface area contributed by atoms with Crippen LogP contribution in [0, 0.1) is 0 Å². The van der Waals surface area contributed by atoms with Crippen molar-refractivity contribution < 1.29 is 4.79 Å². The summed E-state index contributed by atoms with van der Waals surface area (Å²) < 4.78 is 0. The van der Waals surface area contributed by atoms with Crippen LogP contribution in [0.15, 0.2) is 67.5 Å². The standard InChI is InChI=1S/C8H8.C5H5N.CH2O/c1-2-8-6-4-3-5-7-8;1-2-4-6-5-3-1;1-2/h2-7H,1H2;1-5H;1H2. The van der Waals surface area contributed by atoms with Gasteiger partial charge in [0.1, 0.15) is 6.79 Å². The van der Waals surface area contributed by atoms with Gasteiger partial charge in [0.2, 0.25) is 0 Å². The lowest BCUT2D eigenvalue weighted by Gasteiger charge is -1.85. The molecule has 1 aromatic carbocycles. The largest absolute Gasteiger partial charge is 0.307 e. The van der Waals surface area contributed by atoms with Crippen LogP contribution in [0.25, 0.3) is 6.08 Å². The fourth-order valence-electron chi connectivity index (χ4n) is 0.902. The Bertz CT molecular complexity index is 332. The van der Waals surface area contributed by atoms with Crippen molar-refractivity contribution in [2.24, 2.45) is 0 Å². The van der Waals surface area contributed by atoms with Crippen LogP contribution in [-0.2, 0) is 4.79 Å². The summed E-state index contributed by atoms with van der Waals surface area (Å²) in [6.45, 7) is 5.63. The molecule has 0 unspecified atom stereocenters. The van der Waals surface area contributed by atoms with Gasteiger partial charge in [-0.15, -0.1) is 0 Å². The summed E-state index contributed by atoms with van der Waals surface area (Å²) in [5.41, 5.74) is 1.17. The Labute approximate surface area is 96.3 Å². The number of pyridine rings is 1. The first-order chi connectivity index (χ1) is 7.93. The number of benzene rings is 1. The van der Waals surface area contributed by atoms with Crippen LogP contribution < -0.4 is 0 Å². The SMILES string of the molecule is C=Cc1ccccc1.C=O.c1ccncc1. The topological polar surface area (TPSA) is 30.0 Å². The molecule has 0 N–H and O–H groups in total. The van der Waals surface area contributed by atoms with Crippen LogP contribution in [0.3, 0.4) is 0 Å². The smallest absolute Gasteiger partial charge is 0.106 e. The lowest BCUT2D eigenvalue weighted by atomic mass is 10.2. The second kappa shape index (κ2) is 10.9. The predicted octanol–water partition coefficient (Wildman–Crippen LogP) is 3.23. The highest BCUT2D eigenvalue weighted by Gasteiger charge is 1.75. The van der Waals surface area contributed by atoms with Crippen molar-refractivity contribution in [2.75, 3.05) is 0 Å². The van der Waals surface area contributed by atoms with Crippen molar-refractivity contribution in [1.82, 2.24) is 4.98 Å². The molecule has 82 valence electrons. The second-order valence-electron chi connectivity index (χ2n) is 2.64. The lowest BCUT2D eigenvalue weighted by Crippen LogP contribution is -1.63. The molecule has 0 aliphatic carbocycles. The van der Waals surface area contributed by atoms with Crippen molar-refractivity contribution in [2.45, 2.75) is 0 Å². The molecule has 0 bridgehead atoms. The Balaban J connectivity index is 0.000000251. The summed E-state index contributed by atoms with van der Waals surface area (Å²) >= 11 is 0. The summed E-state index contributed by atoms with van der Waals surface area (Å²) in [6.07, 6.45) is 5.33. The minimum atomic E-state index is 1.17. The highest BCUT2D eigenvalue weighted by atomic mass is 16.1. The van der Waals surface area contributed by atoms with Crippen LogP contribution in [0.5, 0.6) is 0 Å². The number of hydrogen-bond acceptors (Lipinski definition) is 2. The number of hydrogen-bond donors (Lipinski definition) is 0. The Morgan fingerprint density at radius 2 is 1.38 bits per heavy atom. The molecule has 0 saturated carbocycles. The third kappa shape index (κ3) is 7.21. The summed E-state index contributed by atoms with van der Waals surface area (Å²) in [6, 6.07) is 15.7. The fraction of sp³-hybridized carbons (Fsp3) is 0. The van der Waals surface area contributed by atoms with Crippen molar-refractivity contribution in [3.8, 4) is 0 Å². The quantitative estimate of drug-likeness (QED) is 0.728. The number of nitrogens with zero attached hydrogens (tertiary/aromatic N) is 1. The number of rotatable bonds is 1. The summed E-state index contributed by atoms with van der Waals surface area (Å²) in [5.74, 6) is 0. The van der Waals surface area contributed by atoms with Crippen molar-refractivity contribution >= 4 is 12.9 Å². The van der Waals surface area contributed by atoms with Gasteiger partial charge in [0.05, 0.1) is 0 Å². The van der Waals surface area contributed by atoms with E-state index in [9.17, 15) is 0 Å². The van der Waals surface area contributed by atoms with Crippen molar-refractivity contribution in [3.63, 3.8) is 0 Å². The molecule has 0 fully saturated rings. The predicted molar refractivity (Wildman–Crippen MR) is 67.9 cm³/mol. The van der Waals surface area contributed by atoms with Gasteiger partial charge >= 0.3 is 0 Å². The van der Waals surface area contributed by atoms with Crippen LogP contribution >= 0.6 is 0 Å². The van der Waals surface area contributed by atoms with Crippen molar-refractivity contribution in [3.05, 3.63) is 73.1 Å². The van der Waals surface area contributed by atoms with E-state index in [-0.39, 0.29) is 0 Å². The van der Waals surface area contributed by atoms with E-state index in [1.165, 1.54) is 5.56 Å². The normalized spacial score (nSPS) is 7.50. The van der Waals surface area contributed by atoms with Crippen LogP contribution in [-0.4, -0.2) is 11.8 Å². The second-order valence-corrected chi connectivity index (χ2v) is 2.64. The van der Waals surface area contributed by atoms with Gasteiger partial charge in [0, 0.05) is 12.4 Å². The Morgan fingerprint density at radius 3 is 1.62 bits per heavy atom. The zero-order valence-corrected chi connectivity index (χ0v) is 9.12. The van der Waals surface area contributed by atoms with Gasteiger partial charge in [-0.2, -0.15) is 0 Å². The average molecular weight is 213 g/mol. The monoisotopic (exact) mass is 213 g/mol. The van der Waals surface area contributed by atoms with Crippen LogP contribution in [0.4, 0.5) is 0 Å². The maximum Gasteiger partial charge on any atom is 0.106 e. The van der Waals surface area contributed by atoms with E-state index in [4.69, 9.17) is 4.79 Å². The third-order valence-corrected chi connectivity index (χ3v) is 1.60. The van der Waals surface area contributed by atoms with Gasteiger partial charge in [-0.25, -0.2) is 0 Å². The molecule has 0 amide bonds. The molecule has 2 rings (SSSR count). The minimum Gasteiger partial charge on any atom is -0.307 e. The van der Waals surface area contributed by atoms with E-state index < -0.39 is 0 Å². The molecule has 0 spiro atoms.